The third kappa shape index (κ3) is 1.81. The third-order valence-corrected chi connectivity index (χ3v) is 2.53. The Kier molecular flexibility index (Phi) is 2.49. The summed E-state index contributed by atoms with van der Waals surface area (Å²) >= 11 is 0. The molecule has 0 saturated heterocycles. The summed E-state index contributed by atoms with van der Waals surface area (Å²) in [5.41, 5.74) is 1.56. The van der Waals surface area contributed by atoms with Gasteiger partial charge in [-0.25, -0.2) is 15.0 Å². The van der Waals surface area contributed by atoms with Gasteiger partial charge in [0, 0.05) is 7.05 Å². The van der Waals surface area contributed by atoms with E-state index in [0.29, 0.717) is 11.5 Å². The maximum absolute atomic E-state index is 4.22. The van der Waals surface area contributed by atoms with Crippen LogP contribution in [0.5, 0.6) is 0 Å². The Labute approximate surface area is 103 Å². The minimum Gasteiger partial charge on any atom is -0.373 e. The van der Waals surface area contributed by atoms with E-state index in [4.69, 9.17) is 0 Å². The molecule has 0 radical (unpaired) electrons. The van der Waals surface area contributed by atoms with Crippen LogP contribution in [-0.4, -0.2) is 32.2 Å². The van der Waals surface area contributed by atoms with Gasteiger partial charge in [-0.2, -0.15) is 5.10 Å². The minimum atomic E-state index is 0.701. The number of rotatable bonds is 3. The molecule has 0 fully saturated rings. The highest BCUT2D eigenvalue weighted by atomic mass is 15.2. The molecular formula is C11H11N7. The predicted molar refractivity (Wildman–Crippen MR) is 68.8 cm³/mol. The monoisotopic (exact) mass is 241 g/mol. The standard InChI is InChI=1S/C11H11N7/c1-12-9-3-2-7(4-13-9)17-10-8-5-16-18-11(8)15-6-14-10/h2-6H,1H3,(H,12,13)(H2,14,15,16,17,18). The Balaban J connectivity index is 1.93. The van der Waals surface area contributed by atoms with Gasteiger partial charge in [0.25, 0.3) is 0 Å². The summed E-state index contributed by atoms with van der Waals surface area (Å²) in [6.45, 7) is 0. The lowest BCUT2D eigenvalue weighted by molar-refractivity contribution is 1.09. The molecular weight excluding hydrogens is 230 g/mol. The van der Waals surface area contributed by atoms with Crippen molar-refractivity contribution < 1.29 is 0 Å². The second-order valence-corrected chi connectivity index (χ2v) is 3.66. The fourth-order valence-corrected chi connectivity index (χ4v) is 1.62. The first-order valence-electron chi connectivity index (χ1n) is 5.42. The lowest BCUT2D eigenvalue weighted by atomic mass is 10.3. The predicted octanol–water partition coefficient (Wildman–Crippen LogP) is 1.53. The Morgan fingerprint density at radius 2 is 2.06 bits per heavy atom. The van der Waals surface area contributed by atoms with Gasteiger partial charge in [-0.3, -0.25) is 5.10 Å². The van der Waals surface area contributed by atoms with Crippen molar-refractivity contribution in [1.82, 2.24) is 25.1 Å². The number of nitrogens with one attached hydrogen (secondary N) is 3. The molecule has 3 N–H and O–H groups in total. The van der Waals surface area contributed by atoms with Crippen LogP contribution in [0.4, 0.5) is 17.3 Å². The van der Waals surface area contributed by atoms with Crippen LogP contribution in [0.2, 0.25) is 0 Å². The molecule has 0 aliphatic rings. The first kappa shape index (κ1) is 10.5. The Hall–Kier alpha value is -2.70. The molecule has 3 aromatic rings. The quantitative estimate of drug-likeness (QED) is 0.644. The van der Waals surface area contributed by atoms with E-state index < -0.39 is 0 Å². The molecule has 0 amide bonds. The second kappa shape index (κ2) is 4.28. The van der Waals surface area contributed by atoms with Crippen LogP contribution in [0.3, 0.4) is 0 Å². The van der Waals surface area contributed by atoms with Crippen LogP contribution in [-0.2, 0) is 0 Å². The number of nitrogens with zero attached hydrogens (tertiary/aromatic N) is 4. The fourth-order valence-electron chi connectivity index (χ4n) is 1.62. The van der Waals surface area contributed by atoms with Crippen molar-refractivity contribution in [1.29, 1.82) is 0 Å². The zero-order valence-corrected chi connectivity index (χ0v) is 9.68. The molecule has 3 rings (SSSR count). The SMILES string of the molecule is CNc1ccc(Nc2ncnc3[nH]ncc23)cn1. The Morgan fingerprint density at radius 3 is 2.83 bits per heavy atom. The van der Waals surface area contributed by atoms with Crippen LogP contribution in [0.15, 0.2) is 30.9 Å². The highest BCUT2D eigenvalue weighted by Gasteiger charge is 2.05. The van der Waals surface area contributed by atoms with Crippen molar-refractivity contribution in [2.24, 2.45) is 0 Å². The normalized spacial score (nSPS) is 10.5. The van der Waals surface area contributed by atoms with Crippen LogP contribution in [0.1, 0.15) is 0 Å². The molecule has 90 valence electrons. The van der Waals surface area contributed by atoms with E-state index in [-0.39, 0.29) is 0 Å². The number of fused-ring (bicyclic) bond motifs is 1. The minimum absolute atomic E-state index is 0.701. The van der Waals surface area contributed by atoms with Crippen molar-refractivity contribution in [3.8, 4) is 0 Å². The van der Waals surface area contributed by atoms with Gasteiger partial charge in [0.2, 0.25) is 0 Å². The van der Waals surface area contributed by atoms with Gasteiger partial charge >= 0.3 is 0 Å². The number of anilines is 3. The number of hydrogen-bond acceptors (Lipinski definition) is 6. The second-order valence-electron chi connectivity index (χ2n) is 3.66. The van der Waals surface area contributed by atoms with Gasteiger partial charge in [0.15, 0.2) is 5.65 Å². The van der Waals surface area contributed by atoms with Gasteiger partial charge in [-0.15, -0.1) is 0 Å². The molecule has 0 aliphatic heterocycles. The van der Waals surface area contributed by atoms with Crippen LogP contribution in [0, 0.1) is 0 Å². The molecule has 0 aliphatic carbocycles. The molecule has 0 atom stereocenters. The summed E-state index contributed by atoms with van der Waals surface area (Å²) in [5, 5.41) is 13.7. The molecule has 0 spiro atoms. The zero-order valence-electron chi connectivity index (χ0n) is 9.68. The van der Waals surface area contributed by atoms with Crippen molar-refractivity contribution >= 4 is 28.4 Å². The highest BCUT2D eigenvalue weighted by molar-refractivity contribution is 5.87. The maximum Gasteiger partial charge on any atom is 0.160 e. The van der Waals surface area contributed by atoms with E-state index in [9.17, 15) is 0 Å². The van der Waals surface area contributed by atoms with E-state index in [2.05, 4.69) is 35.8 Å². The summed E-state index contributed by atoms with van der Waals surface area (Å²) < 4.78 is 0. The van der Waals surface area contributed by atoms with Crippen LogP contribution in [0.25, 0.3) is 11.0 Å². The topological polar surface area (TPSA) is 91.4 Å². The summed E-state index contributed by atoms with van der Waals surface area (Å²) in [4.78, 5) is 12.5. The van der Waals surface area contributed by atoms with Crippen molar-refractivity contribution in [3.63, 3.8) is 0 Å². The summed E-state index contributed by atoms with van der Waals surface area (Å²) in [5.74, 6) is 1.52. The number of H-pyrrole nitrogens is 1. The zero-order chi connectivity index (χ0) is 12.4. The lowest BCUT2D eigenvalue weighted by Crippen LogP contribution is -1.97. The largest absolute Gasteiger partial charge is 0.373 e. The fraction of sp³-hybridized carbons (Fsp3) is 0.0909. The van der Waals surface area contributed by atoms with E-state index in [1.807, 2.05) is 19.2 Å². The number of aromatic amines is 1. The average molecular weight is 241 g/mol. The van der Waals surface area contributed by atoms with Crippen molar-refractivity contribution in [3.05, 3.63) is 30.9 Å². The molecule has 3 aromatic heterocycles. The molecule has 0 bridgehead atoms. The maximum atomic E-state index is 4.22. The van der Waals surface area contributed by atoms with Crippen molar-refractivity contribution in [2.75, 3.05) is 17.7 Å². The average Bonchev–Trinajstić information content (AvgIpc) is 2.89. The summed E-state index contributed by atoms with van der Waals surface area (Å²) in [7, 11) is 1.83. The van der Waals surface area contributed by atoms with E-state index in [1.54, 1.807) is 12.4 Å². The Morgan fingerprint density at radius 1 is 1.11 bits per heavy atom. The van der Waals surface area contributed by atoms with Gasteiger partial charge in [0.05, 0.1) is 23.5 Å². The van der Waals surface area contributed by atoms with Crippen molar-refractivity contribution in [2.45, 2.75) is 0 Å². The van der Waals surface area contributed by atoms with Crippen LogP contribution >= 0.6 is 0 Å². The van der Waals surface area contributed by atoms with Gasteiger partial charge in [0.1, 0.15) is 18.0 Å². The molecule has 7 heteroatoms. The van der Waals surface area contributed by atoms with E-state index >= 15 is 0 Å². The van der Waals surface area contributed by atoms with Gasteiger partial charge < -0.3 is 10.6 Å². The number of pyridine rings is 1. The molecule has 7 nitrogen and oxygen atoms in total. The third-order valence-electron chi connectivity index (χ3n) is 2.53. The van der Waals surface area contributed by atoms with Gasteiger partial charge in [-0.1, -0.05) is 0 Å². The summed E-state index contributed by atoms with van der Waals surface area (Å²) in [6, 6.07) is 3.81. The smallest absolute Gasteiger partial charge is 0.160 e. The van der Waals surface area contributed by atoms with E-state index in [1.165, 1.54) is 6.33 Å². The molecule has 0 unspecified atom stereocenters. The summed E-state index contributed by atoms with van der Waals surface area (Å²) in [6.07, 6.45) is 4.91. The van der Waals surface area contributed by atoms with Crippen LogP contribution < -0.4 is 10.6 Å². The lowest BCUT2D eigenvalue weighted by Gasteiger charge is -2.06. The first-order valence-corrected chi connectivity index (χ1v) is 5.42. The molecule has 18 heavy (non-hydrogen) atoms. The van der Waals surface area contributed by atoms with Gasteiger partial charge in [-0.05, 0) is 12.1 Å². The number of hydrogen-bond donors (Lipinski definition) is 3. The van der Waals surface area contributed by atoms with E-state index in [0.717, 1.165) is 16.9 Å². The first-order chi connectivity index (χ1) is 8.86. The molecule has 0 aromatic carbocycles. The Bertz CT molecular complexity index is 658. The molecule has 0 saturated carbocycles. The highest BCUT2D eigenvalue weighted by Crippen LogP contribution is 2.21. The molecule has 3 heterocycles. The number of aromatic nitrogens is 5.